The fraction of sp³-hybridized carbons (Fsp3) is 0.678. The summed E-state index contributed by atoms with van der Waals surface area (Å²) in [5.41, 5.74) is 1.24. The van der Waals surface area contributed by atoms with E-state index < -0.39 is 23.5 Å². The summed E-state index contributed by atoms with van der Waals surface area (Å²) in [7, 11) is 1.60. The van der Waals surface area contributed by atoms with E-state index in [1.807, 2.05) is 6.07 Å². The second kappa shape index (κ2) is 23.4. The molecule has 5 fully saturated rings. The number of hydrogen-bond donors (Lipinski definition) is 4. The summed E-state index contributed by atoms with van der Waals surface area (Å²) in [6.07, 6.45) is 10.5. The van der Waals surface area contributed by atoms with E-state index in [4.69, 9.17) is 9.47 Å². The first-order valence-electron chi connectivity index (χ1n) is 28.1. The first-order valence-corrected chi connectivity index (χ1v) is 28.9. The van der Waals surface area contributed by atoms with Gasteiger partial charge < -0.3 is 40.1 Å². The van der Waals surface area contributed by atoms with E-state index in [9.17, 15) is 49.0 Å². The smallest absolute Gasteiger partial charge is 0.415 e. The fourth-order valence-electron chi connectivity index (χ4n) is 14.7. The lowest BCUT2D eigenvalue weighted by molar-refractivity contribution is -0.142. The van der Waals surface area contributed by atoms with Crippen LogP contribution in [0.25, 0.3) is 10.2 Å². The number of Topliss-reactive ketones (excluding diaryl/α,β-unsaturated/α-hetero) is 2. The lowest BCUT2D eigenvalue weighted by Crippen LogP contribution is -2.54. The number of fused-ring (bicyclic) bond motifs is 5. The zero-order chi connectivity index (χ0) is 55.7. The zero-order valence-corrected chi connectivity index (χ0v) is 47.2. The van der Waals surface area contributed by atoms with Crippen molar-refractivity contribution in [2.45, 2.75) is 175 Å². The van der Waals surface area contributed by atoms with Crippen LogP contribution in [0.15, 0.2) is 40.5 Å². The van der Waals surface area contributed by atoms with Gasteiger partial charge in [0.2, 0.25) is 17.7 Å². The van der Waals surface area contributed by atoms with Gasteiger partial charge in [0, 0.05) is 86.3 Å². The second-order valence-electron chi connectivity index (χ2n) is 24.3. The number of allylic oxidation sites excluding steroid dienone is 4. The van der Waals surface area contributed by atoms with Crippen LogP contribution in [0.1, 0.15) is 156 Å². The van der Waals surface area contributed by atoms with Crippen molar-refractivity contribution in [3.8, 4) is 11.8 Å². The van der Waals surface area contributed by atoms with E-state index in [1.165, 1.54) is 22.6 Å². The van der Waals surface area contributed by atoms with Gasteiger partial charge in [-0.05, 0) is 157 Å². The minimum absolute atomic E-state index is 0.0522. The highest BCUT2D eigenvalue weighted by Crippen LogP contribution is 2.72. The number of nitriles is 1. The van der Waals surface area contributed by atoms with E-state index >= 15 is 0 Å². The number of thiazole rings is 1. The predicted octanol–water partition coefficient (Wildman–Crippen LogP) is 8.46. The highest BCUT2D eigenvalue weighted by Gasteiger charge is 2.75. The van der Waals surface area contributed by atoms with Gasteiger partial charge in [-0.1, -0.05) is 27.7 Å². The highest BCUT2D eigenvalue weighted by molar-refractivity contribution is 7.19. The number of aliphatic carboxylic acids is 1. The summed E-state index contributed by atoms with van der Waals surface area (Å²) in [4.78, 5) is 99.3. The number of aliphatic hydroxyl groups is 1. The maximum absolute atomic E-state index is 13.7. The Kier molecular flexibility index (Phi) is 17.6. The molecule has 6 aliphatic rings. The number of carbonyl (C=O) groups excluding carboxylic acids is 6. The number of unbranched alkanes of at least 4 members (excludes halogenated alkanes) is 1. The average Bonchev–Trinajstić information content (AvgIpc) is 3.82. The third kappa shape index (κ3) is 12.1. The van der Waals surface area contributed by atoms with Crippen molar-refractivity contribution in [2.75, 3.05) is 33.2 Å². The normalized spacial score (nSPS) is 28.3. The molecule has 77 heavy (non-hydrogen) atoms. The lowest BCUT2D eigenvalue weighted by atomic mass is 9.46. The molecule has 1 unspecified atom stereocenters. The molecule has 1 saturated heterocycles. The van der Waals surface area contributed by atoms with Gasteiger partial charge in [-0.3, -0.25) is 24.0 Å². The minimum Gasteiger partial charge on any atom is -0.480 e. The maximum atomic E-state index is 13.7. The number of amides is 4. The Morgan fingerprint density at radius 2 is 1.69 bits per heavy atom. The fourth-order valence-corrected chi connectivity index (χ4v) is 15.5. The van der Waals surface area contributed by atoms with Gasteiger partial charge in [0.25, 0.3) is 0 Å². The number of epoxide rings is 1. The Morgan fingerprint density at radius 1 is 0.935 bits per heavy atom. The molecule has 2 aromatic rings. The molecule has 1 aromatic heterocycles. The van der Waals surface area contributed by atoms with E-state index in [0.717, 1.165) is 49.9 Å². The van der Waals surface area contributed by atoms with Gasteiger partial charge in [0.15, 0.2) is 16.6 Å². The standard InChI is InChI=1S/C59H80N6O11S/c1-33(41-18-19-42-40-17-15-37-28-38(66)22-23-58(37,7)43(40)30-47-59(41,42)76-47)14-21-49(68)62-45(55(72)73)12-9-10-24-61-48(67)13-11-25-65(56(74)75-39-16-20-44-46(29-39)77-50(32-60)63-44)27-26-64(8)51(69)31-57(5,6)52-36(4)53(70)34(2)35(3)54(52)71/h16,20,29,33,37-38,40-43,45,47,66H,9-15,17-19,21-28,30-31H2,1-8H3,(H,61,67)(H,62,68)(H,72,73)/t33-,37-,38-,40+,41-,42+,43+,45?,47+,58+,59+/m1/s1. The lowest BCUT2D eigenvalue weighted by Gasteiger charge is -2.58. The molecule has 4 N–H and O–H groups in total. The number of ether oxygens (including phenoxy) is 2. The Bertz CT molecular complexity index is 2760. The van der Waals surface area contributed by atoms with Crippen molar-refractivity contribution in [2.24, 2.45) is 46.3 Å². The molecule has 5 aliphatic carbocycles. The molecule has 18 heteroatoms. The Labute approximate surface area is 456 Å². The van der Waals surface area contributed by atoms with Crippen LogP contribution < -0.4 is 15.4 Å². The second-order valence-corrected chi connectivity index (χ2v) is 25.3. The molecule has 4 amide bonds. The van der Waals surface area contributed by atoms with Crippen molar-refractivity contribution in [1.29, 1.82) is 5.26 Å². The predicted molar refractivity (Wildman–Crippen MR) is 289 cm³/mol. The number of aliphatic hydroxyl groups excluding tert-OH is 1. The summed E-state index contributed by atoms with van der Waals surface area (Å²) >= 11 is 1.16. The molecule has 1 aliphatic heterocycles. The Morgan fingerprint density at radius 3 is 2.43 bits per heavy atom. The van der Waals surface area contributed by atoms with E-state index in [1.54, 1.807) is 59.9 Å². The number of carboxylic acids is 1. The maximum Gasteiger partial charge on any atom is 0.415 e. The topological polar surface area (TPSA) is 249 Å². The molecule has 0 radical (unpaired) electrons. The number of aromatic nitrogens is 1. The summed E-state index contributed by atoms with van der Waals surface area (Å²) in [6, 6.07) is 5.82. The van der Waals surface area contributed by atoms with Crippen molar-refractivity contribution >= 4 is 62.9 Å². The summed E-state index contributed by atoms with van der Waals surface area (Å²) in [5, 5.41) is 35.7. The van der Waals surface area contributed by atoms with Crippen molar-refractivity contribution in [3.05, 3.63) is 45.5 Å². The first kappa shape index (κ1) is 57.7. The molecule has 0 bridgehead atoms. The number of carbonyl (C=O) groups is 7. The van der Waals surface area contributed by atoms with E-state index in [2.05, 4.69) is 29.5 Å². The molecular formula is C59H80N6O11S. The van der Waals surface area contributed by atoms with E-state index in [-0.39, 0.29) is 121 Å². The molecule has 4 saturated carbocycles. The number of hydrogen-bond acceptors (Lipinski definition) is 13. The molecule has 1 spiro atoms. The van der Waals surface area contributed by atoms with Gasteiger partial charge in [-0.25, -0.2) is 14.6 Å². The highest BCUT2D eigenvalue weighted by atomic mass is 32.1. The Hall–Kier alpha value is -5.51. The number of carboxylic acid groups (broad SMARTS) is 1. The van der Waals surface area contributed by atoms with Gasteiger partial charge in [0.1, 0.15) is 23.5 Å². The summed E-state index contributed by atoms with van der Waals surface area (Å²) in [5.74, 6) is 0.950. The summed E-state index contributed by atoms with van der Waals surface area (Å²) in [6.45, 7) is 13.7. The molecule has 418 valence electrons. The number of likely N-dealkylation sites (N-methyl/N-ethyl adjacent to an activating group) is 1. The SMILES string of the molecule is CC1=C(C)C(=O)C(C(C)(C)CC(=O)N(C)CCN(CCCC(=O)NCCCCC(NC(=O)CC[C@@H](C)[C@H]2CC[C@H]3[C@@H]4CC[C@@H]5C[C@H](O)CC[C@]5(C)[C@H]4C[C@@H]4O[C@@]423)C(=O)O)C(=O)Oc2ccc3nc(C#N)sc3c2)=C(C)C1=O. The van der Waals surface area contributed by atoms with Crippen LogP contribution in [0.4, 0.5) is 4.79 Å². The van der Waals surface area contributed by atoms with Crippen LogP contribution in [0.5, 0.6) is 5.75 Å². The average molecular weight is 1080 g/mol. The van der Waals surface area contributed by atoms with Gasteiger partial charge in [-0.2, -0.15) is 5.26 Å². The zero-order valence-electron chi connectivity index (χ0n) is 46.3. The third-order valence-electron chi connectivity index (χ3n) is 19.2. The van der Waals surface area contributed by atoms with Crippen molar-refractivity contribution < 1.29 is 53.2 Å². The number of nitrogens with zero attached hydrogens (tertiary/aromatic N) is 4. The molecular weight excluding hydrogens is 1000 g/mol. The minimum atomic E-state index is -1.10. The summed E-state index contributed by atoms with van der Waals surface area (Å²) < 4.78 is 13.2. The quantitative estimate of drug-likeness (QED) is 0.0491. The van der Waals surface area contributed by atoms with Crippen LogP contribution in [0.3, 0.4) is 0 Å². The number of nitrogens with one attached hydrogen (secondary N) is 2. The Balaban J connectivity index is 0.768. The van der Waals surface area contributed by atoms with Crippen molar-refractivity contribution in [3.63, 3.8) is 0 Å². The molecule has 11 atom stereocenters. The molecule has 8 rings (SSSR count). The van der Waals surface area contributed by atoms with Crippen LogP contribution in [-0.2, 0) is 33.5 Å². The number of ketones is 2. The largest absolute Gasteiger partial charge is 0.480 e. The molecule has 17 nitrogen and oxygen atoms in total. The molecule has 1 aromatic carbocycles. The van der Waals surface area contributed by atoms with Crippen LogP contribution in [0, 0.1) is 57.7 Å². The van der Waals surface area contributed by atoms with Crippen molar-refractivity contribution in [1.82, 2.24) is 25.4 Å². The van der Waals surface area contributed by atoms with Gasteiger partial charge in [0.05, 0.1) is 22.4 Å². The first-order chi connectivity index (χ1) is 36.5. The monoisotopic (exact) mass is 1080 g/mol. The van der Waals surface area contributed by atoms with E-state index in [0.29, 0.717) is 87.9 Å². The number of rotatable bonds is 22. The third-order valence-corrected chi connectivity index (χ3v) is 20.1. The molecule has 2 heterocycles. The van der Waals surface area contributed by atoms with Crippen LogP contribution in [0.2, 0.25) is 0 Å². The van der Waals surface area contributed by atoms with Crippen LogP contribution >= 0.6 is 11.3 Å². The van der Waals surface area contributed by atoms with Gasteiger partial charge >= 0.3 is 12.1 Å². The van der Waals surface area contributed by atoms with Crippen LogP contribution in [-0.4, -0.2) is 123 Å². The number of benzene rings is 1. The van der Waals surface area contributed by atoms with Gasteiger partial charge in [-0.15, -0.1) is 11.3 Å².